The van der Waals surface area contributed by atoms with E-state index in [0.717, 1.165) is 56.8 Å². The number of aryl methyl sites for hydroxylation is 1. The summed E-state index contributed by atoms with van der Waals surface area (Å²) in [5, 5.41) is 7.01. The molecule has 1 spiro atoms. The zero-order valence-corrected chi connectivity index (χ0v) is 15.1. The molecule has 7 nitrogen and oxygen atoms in total. The minimum Gasteiger partial charge on any atom is -0.459 e. The molecule has 2 aromatic rings. The topological polar surface area (TPSA) is 80.7 Å². The van der Waals surface area contributed by atoms with Crippen molar-refractivity contribution < 1.29 is 18.5 Å². The molecule has 0 bridgehead atoms. The first-order valence-electron chi connectivity index (χ1n) is 9.26. The molecule has 2 aliphatic heterocycles. The fourth-order valence-electron chi connectivity index (χ4n) is 4.05. The van der Waals surface area contributed by atoms with E-state index in [0.29, 0.717) is 12.3 Å². The molecule has 1 amide bonds. The molecule has 140 valence electrons. The predicted molar refractivity (Wildman–Crippen MR) is 93.6 cm³/mol. The van der Waals surface area contributed by atoms with Gasteiger partial charge in [0.25, 0.3) is 5.91 Å². The summed E-state index contributed by atoms with van der Waals surface area (Å²) in [6, 6.07) is 5.36. The lowest BCUT2D eigenvalue weighted by Gasteiger charge is -2.38. The van der Waals surface area contributed by atoms with Crippen molar-refractivity contribution in [2.75, 3.05) is 19.6 Å². The highest BCUT2D eigenvalue weighted by Gasteiger charge is 2.43. The Morgan fingerprint density at radius 2 is 2.38 bits per heavy atom. The van der Waals surface area contributed by atoms with Crippen molar-refractivity contribution in [1.82, 2.24) is 15.4 Å². The predicted octanol–water partition coefficient (Wildman–Crippen LogP) is 2.52. The highest BCUT2D eigenvalue weighted by Crippen LogP contribution is 2.37. The van der Waals surface area contributed by atoms with E-state index in [9.17, 15) is 4.79 Å². The van der Waals surface area contributed by atoms with Gasteiger partial charge in [-0.1, -0.05) is 5.16 Å². The largest absolute Gasteiger partial charge is 0.459 e. The molecule has 0 unspecified atom stereocenters. The van der Waals surface area contributed by atoms with Crippen molar-refractivity contribution in [3.8, 4) is 0 Å². The molecule has 0 aromatic carbocycles. The summed E-state index contributed by atoms with van der Waals surface area (Å²) >= 11 is 0. The minimum absolute atomic E-state index is 0.0527. The van der Waals surface area contributed by atoms with Gasteiger partial charge in [-0.3, -0.25) is 9.69 Å². The minimum atomic E-state index is -0.187. The van der Waals surface area contributed by atoms with Crippen molar-refractivity contribution in [3.05, 3.63) is 41.7 Å². The van der Waals surface area contributed by atoms with Crippen LogP contribution in [0.3, 0.4) is 0 Å². The molecule has 4 rings (SSSR count). The second kappa shape index (κ2) is 7.25. The number of furan rings is 1. The van der Waals surface area contributed by atoms with Gasteiger partial charge in [0.2, 0.25) is 0 Å². The number of likely N-dealkylation sites (tertiary alicyclic amines) is 1. The Balaban J connectivity index is 1.29. The number of carbonyl (C=O) groups excluding carboxylic acids is 1. The van der Waals surface area contributed by atoms with Crippen LogP contribution in [-0.2, 0) is 11.3 Å². The summed E-state index contributed by atoms with van der Waals surface area (Å²) in [6.07, 6.45) is 5.75. The molecule has 0 aliphatic carbocycles. The van der Waals surface area contributed by atoms with Crippen LogP contribution in [0.2, 0.25) is 0 Å². The second-order valence-corrected chi connectivity index (χ2v) is 7.39. The van der Waals surface area contributed by atoms with Crippen LogP contribution in [0.15, 0.2) is 33.4 Å². The lowest BCUT2D eigenvalue weighted by Crippen LogP contribution is -2.46. The third-order valence-corrected chi connectivity index (χ3v) is 5.27. The van der Waals surface area contributed by atoms with Gasteiger partial charge in [-0.05, 0) is 44.7 Å². The van der Waals surface area contributed by atoms with E-state index >= 15 is 0 Å². The molecule has 7 heteroatoms. The van der Waals surface area contributed by atoms with Crippen LogP contribution in [0.1, 0.15) is 47.7 Å². The van der Waals surface area contributed by atoms with Crippen molar-refractivity contribution >= 4 is 5.91 Å². The zero-order valence-electron chi connectivity index (χ0n) is 15.1. The number of nitrogens with zero attached hydrogens (tertiary/aromatic N) is 2. The molecule has 2 aliphatic rings. The first-order valence-corrected chi connectivity index (χ1v) is 9.26. The number of ether oxygens (including phenoxy) is 1. The van der Waals surface area contributed by atoms with Gasteiger partial charge in [0.15, 0.2) is 5.76 Å². The molecule has 26 heavy (non-hydrogen) atoms. The number of carbonyl (C=O) groups is 1. The molecule has 2 fully saturated rings. The van der Waals surface area contributed by atoms with Crippen LogP contribution in [-0.4, -0.2) is 47.3 Å². The van der Waals surface area contributed by atoms with Crippen molar-refractivity contribution in [2.24, 2.45) is 0 Å². The number of nitrogens with one attached hydrogen (secondary N) is 1. The fraction of sp³-hybridized carbons (Fsp3) is 0.579. The SMILES string of the molecule is Cc1cc(CN2CC[C@@]3(CCC[C@H](CNC(=O)c4ccco4)O3)C2)no1. The average Bonchev–Trinajstić information content (AvgIpc) is 3.36. The Kier molecular flexibility index (Phi) is 4.82. The summed E-state index contributed by atoms with van der Waals surface area (Å²) in [7, 11) is 0. The lowest BCUT2D eigenvalue weighted by molar-refractivity contribution is -0.118. The second-order valence-electron chi connectivity index (χ2n) is 7.39. The summed E-state index contributed by atoms with van der Waals surface area (Å²) in [4.78, 5) is 14.4. The third-order valence-electron chi connectivity index (χ3n) is 5.27. The smallest absolute Gasteiger partial charge is 0.287 e. The number of hydrogen-bond donors (Lipinski definition) is 1. The number of aromatic nitrogens is 1. The van der Waals surface area contributed by atoms with Gasteiger partial charge in [-0.15, -0.1) is 0 Å². The summed E-state index contributed by atoms with van der Waals surface area (Å²) in [6.45, 7) is 5.12. The van der Waals surface area contributed by atoms with Gasteiger partial charge in [-0.2, -0.15) is 0 Å². The van der Waals surface area contributed by atoms with E-state index in [2.05, 4.69) is 15.4 Å². The Morgan fingerprint density at radius 3 is 3.15 bits per heavy atom. The standard InChI is InChI=1S/C19H25N3O4/c1-14-10-15(21-26-14)12-22-8-7-19(13-22)6-2-4-16(25-19)11-20-18(23)17-5-3-9-24-17/h3,5,9-10,16H,2,4,6-8,11-13H2,1H3,(H,20,23)/t16-,19+/m1/s1. The Labute approximate surface area is 152 Å². The van der Waals surface area contributed by atoms with Crippen LogP contribution in [0.4, 0.5) is 0 Å². The van der Waals surface area contributed by atoms with E-state index < -0.39 is 0 Å². The summed E-state index contributed by atoms with van der Waals surface area (Å²) < 4.78 is 16.7. The molecule has 0 saturated carbocycles. The van der Waals surface area contributed by atoms with Gasteiger partial charge in [0.05, 0.1) is 23.7 Å². The van der Waals surface area contributed by atoms with Crippen molar-refractivity contribution in [3.63, 3.8) is 0 Å². The first kappa shape index (κ1) is 17.3. The quantitative estimate of drug-likeness (QED) is 0.883. The normalized spacial score (nSPS) is 26.4. The molecule has 2 saturated heterocycles. The molecule has 2 aromatic heterocycles. The maximum absolute atomic E-state index is 12.0. The van der Waals surface area contributed by atoms with Gasteiger partial charge >= 0.3 is 0 Å². The van der Waals surface area contributed by atoms with Gasteiger partial charge < -0.3 is 19.0 Å². The van der Waals surface area contributed by atoms with Crippen LogP contribution in [0.5, 0.6) is 0 Å². The van der Waals surface area contributed by atoms with E-state index in [1.54, 1.807) is 12.1 Å². The zero-order chi connectivity index (χ0) is 18.0. The van der Waals surface area contributed by atoms with Crippen LogP contribution in [0.25, 0.3) is 0 Å². The van der Waals surface area contributed by atoms with Crippen LogP contribution < -0.4 is 5.32 Å². The first-order chi connectivity index (χ1) is 12.6. The number of rotatable bonds is 5. The molecular weight excluding hydrogens is 334 g/mol. The van der Waals surface area contributed by atoms with E-state index in [4.69, 9.17) is 13.7 Å². The molecule has 2 atom stereocenters. The molecule has 1 N–H and O–H groups in total. The Morgan fingerprint density at radius 1 is 1.46 bits per heavy atom. The van der Waals surface area contributed by atoms with Crippen molar-refractivity contribution in [2.45, 2.75) is 50.9 Å². The van der Waals surface area contributed by atoms with Crippen molar-refractivity contribution in [1.29, 1.82) is 0 Å². The fourth-order valence-corrected chi connectivity index (χ4v) is 4.05. The van der Waals surface area contributed by atoms with E-state index in [-0.39, 0.29) is 17.6 Å². The average molecular weight is 359 g/mol. The Bertz CT molecular complexity index is 742. The highest BCUT2D eigenvalue weighted by molar-refractivity contribution is 5.91. The maximum atomic E-state index is 12.0. The van der Waals surface area contributed by atoms with Gasteiger partial charge in [0.1, 0.15) is 5.76 Å². The van der Waals surface area contributed by atoms with E-state index in [1.165, 1.54) is 6.26 Å². The monoisotopic (exact) mass is 359 g/mol. The van der Waals surface area contributed by atoms with Gasteiger partial charge in [0, 0.05) is 32.2 Å². The van der Waals surface area contributed by atoms with Gasteiger partial charge in [-0.25, -0.2) is 0 Å². The molecule has 4 heterocycles. The summed E-state index contributed by atoms with van der Waals surface area (Å²) in [5.74, 6) is 0.994. The Hall–Kier alpha value is -2.12. The highest BCUT2D eigenvalue weighted by atomic mass is 16.5. The maximum Gasteiger partial charge on any atom is 0.287 e. The van der Waals surface area contributed by atoms with Crippen LogP contribution >= 0.6 is 0 Å². The van der Waals surface area contributed by atoms with E-state index in [1.807, 2.05) is 13.0 Å². The molecule has 0 radical (unpaired) electrons. The summed E-state index contributed by atoms with van der Waals surface area (Å²) in [5.41, 5.74) is 0.870. The number of hydrogen-bond acceptors (Lipinski definition) is 6. The lowest BCUT2D eigenvalue weighted by atomic mass is 9.90. The molecular formula is C19H25N3O4. The third kappa shape index (κ3) is 3.83. The van der Waals surface area contributed by atoms with Crippen LogP contribution in [0, 0.1) is 6.92 Å². The number of amides is 1.